The Kier molecular flexibility index (Phi) is 5.68. The maximum Gasteiger partial charge on any atom is 0.179 e. The van der Waals surface area contributed by atoms with Gasteiger partial charge in [0.2, 0.25) is 0 Å². The first-order valence-electron chi connectivity index (χ1n) is 5.36. The van der Waals surface area contributed by atoms with Crippen molar-refractivity contribution in [1.29, 1.82) is 0 Å². The van der Waals surface area contributed by atoms with Crippen molar-refractivity contribution in [3.05, 3.63) is 22.7 Å². The van der Waals surface area contributed by atoms with Crippen LogP contribution < -0.4 is 14.8 Å². The van der Waals surface area contributed by atoms with Crippen molar-refractivity contribution in [2.24, 2.45) is 0 Å². The number of benzene rings is 1. The van der Waals surface area contributed by atoms with Crippen molar-refractivity contribution in [2.45, 2.75) is 13.5 Å². The number of rotatable bonds is 6. The summed E-state index contributed by atoms with van der Waals surface area (Å²) in [6.07, 6.45) is 5.16. The number of methoxy groups -OCH3 is 1. The number of hydrogen-bond donors (Lipinski definition) is 1. The van der Waals surface area contributed by atoms with Crippen LogP contribution in [0.5, 0.6) is 11.5 Å². The summed E-state index contributed by atoms with van der Waals surface area (Å²) in [7, 11) is 1.59. The van der Waals surface area contributed by atoms with Gasteiger partial charge in [0.05, 0.1) is 25.3 Å². The summed E-state index contributed by atoms with van der Waals surface area (Å²) in [4.78, 5) is 0. The summed E-state index contributed by atoms with van der Waals surface area (Å²) >= 11 is 6.13. The lowest BCUT2D eigenvalue weighted by Gasteiger charge is -2.13. The number of halogens is 1. The van der Waals surface area contributed by atoms with Crippen molar-refractivity contribution in [3.8, 4) is 23.8 Å². The molecule has 0 aliphatic carbocycles. The Morgan fingerprint density at radius 2 is 2.24 bits per heavy atom. The zero-order valence-corrected chi connectivity index (χ0v) is 10.8. The van der Waals surface area contributed by atoms with Crippen molar-refractivity contribution in [3.63, 3.8) is 0 Å². The van der Waals surface area contributed by atoms with Gasteiger partial charge in [-0.1, -0.05) is 17.5 Å². The van der Waals surface area contributed by atoms with Crippen molar-refractivity contribution in [2.75, 3.05) is 20.3 Å². The van der Waals surface area contributed by atoms with Gasteiger partial charge in [0.1, 0.15) is 0 Å². The van der Waals surface area contributed by atoms with E-state index in [1.807, 2.05) is 19.1 Å². The van der Waals surface area contributed by atoms with Crippen LogP contribution in [0.3, 0.4) is 0 Å². The molecule has 4 heteroatoms. The summed E-state index contributed by atoms with van der Waals surface area (Å²) in [5.41, 5.74) is 1.01. The number of nitrogens with one attached hydrogen (secondary N) is 1. The van der Waals surface area contributed by atoms with Crippen molar-refractivity contribution in [1.82, 2.24) is 5.32 Å². The van der Waals surface area contributed by atoms with E-state index in [4.69, 9.17) is 27.5 Å². The van der Waals surface area contributed by atoms with Gasteiger partial charge >= 0.3 is 0 Å². The topological polar surface area (TPSA) is 30.5 Å². The molecular weight excluding hydrogens is 238 g/mol. The van der Waals surface area contributed by atoms with Gasteiger partial charge in [0.25, 0.3) is 0 Å². The lowest BCUT2D eigenvalue weighted by atomic mass is 10.2. The fraction of sp³-hybridized carbons (Fsp3) is 0.385. The molecule has 0 radical (unpaired) electrons. The van der Waals surface area contributed by atoms with Crippen LogP contribution in [0.1, 0.15) is 12.5 Å². The molecule has 0 amide bonds. The summed E-state index contributed by atoms with van der Waals surface area (Å²) < 4.78 is 10.7. The molecule has 0 atom stereocenters. The van der Waals surface area contributed by atoms with Crippen molar-refractivity contribution >= 4 is 11.6 Å². The molecule has 0 heterocycles. The molecule has 1 rings (SSSR count). The van der Waals surface area contributed by atoms with Crippen LogP contribution in [0.25, 0.3) is 0 Å². The van der Waals surface area contributed by atoms with Crippen LogP contribution in [0.2, 0.25) is 5.02 Å². The third kappa shape index (κ3) is 3.85. The molecule has 1 aromatic rings. The average molecular weight is 254 g/mol. The van der Waals surface area contributed by atoms with Crippen LogP contribution in [0.4, 0.5) is 0 Å². The van der Waals surface area contributed by atoms with Gasteiger partial charge in [-0.2, -0.15) is 0 Å². The molecular formula is C13H16ClNO2. The lowest BCUT2D eigenvalue weighted by molar-refractivity contribution is 0.311. The van der Waals surface area contributed by atoms with E-state index in [0.29, 0.717) is 36.2 Å². The van der Waals surface area contributed by atoms with E-state index in [1.54, 1.807) is 7.11 Å². The molecule has 0 aromatic heterocycles. The Morgan fingerprint density at radius 1 is 1.47 bits per heavy atom. The van der Waals surface area contributed by atoms with E-state index >= 15 is 0 Å². The van der Waals surface area contributed by atoms with E-state index in [9.17, 15) is 0 Å². The Bertz CT molecular complexity index is 413. The first-order chi connectivity index (χ1) is 8.22. The molecule has 0 saturated heterocycles. The smallest absolute Gasteiger partial charge is 0.179 e. The first-order valence-corrected chi connectivity index (χ1v) is 5.74. The number of terminal acetylenes is 1. The first kappa shape index (κ1) is 13.7. The number of hydrogen-bond acceptors (Lipinski definition) is 3. The van der Waals surface area contributed by atoms with Crippen molar-refractivity contribution < 1.29 is 9.47 Å². The summed E-state index contributed by atoms with van der Waals surface area (Å²) in [5, 5.41) is 3.64. The van der Waals surface area contributed by atoms with E-state index < -0.39 is 0 Å². The zero-order chi connectivity index (χ0) is 12.7. The molecule has 17 heavy (non-hydrogen) atoms. The minimum absolute atomic E-state index is 0.521. The monoisotopic (exact) mass is 253 g/mol. The molecule has 0 aliphatic heterocycles. The molecule has 0 bridgehead atoms. The summed E-state index contributed by atoms with van der Waals surface area (Å²) in [6.45, 7) is 3.61. The van der Waals surface area contributed by atoms with Gasteiger partial charge in [-0.25, -0.2) is 0 Å². The maximum atomic E-state index is 6.13. The molecule has 0 unspecified atom stereocenters. The molecule has 0 fully saturated rings. The molecule has 1 aromatic carbocycles. The third-order valence-electron chi connectivity index (χ3n) is 2.13. The van der Waals surface area contributed by atoms with Crippen LogP contribution in [-0.2, 0) is 6.54 Å². The Morgan fingerprint density at radius 3 is 2.82 bits per heavy atom. The minimum atomic E-state index is 0.521. The van der Waals surface area contributed by atoms with Gasteiger partial charge in [0, 0.05) is 6.54 Å². The molecule has 1 N–H and O–H groups in total. The molecule has 92 valence electrons. The Balaban J connectivity index is 2.89. The zero-order valence-electron chi connectivity index (χ0n) is 10.0. The van der Waals surface area contributed by atoms with Crippen LogP contribution >= 0.6 is 11.6 Å². The molecule has 0 aliphatic rings. The predicted octanol–water partition coefficient (Wildman–Crippen LogP) is 2.47. The lowest BCUT2D eigenvalue weighted by Crippen LogP contribution is -2.13. The van der Waals surface area contributed by atoms with E-state index in [2.05, 4.69) is 11.2 Å². The van der Waals surface area contributed by atoms with Gasteiger partial charge in [0.15, 0.2) is 11.5 Å². The summed E-state index contributed by atoms with van der Waals surface area (Å²) in [6, 6.07) is 3.74. The minimum Gasteiger partial charge on any atom is -0.493 e. The SMILES string of the molecule is C#CCNCc1cc(Cl)c(OCC)c(OC)c1. The molecule has 0 saturated carbocycles. The fourth-order valence-electron chi connectivity index (χ4n) is 1.44. The van der Waals surface area contributed by atoms with E-state index in [-0.39, 0.29) is 0 Å². The quantitative estimate of drug-likeness (QED) is 0.624. The largest absolute Gasteiger partial charge is 0.493 e. The average Bonchev–Trinajstić information content (AvgIpc) is 2.32. The van der Waals surface area contributed by atoms with Crippen LogP contribution in [-0.4, -0.2) is 20.3 Å². The van der Waals surface area contributed by atoms with Gasteiger partial charge < -0.3 is 14.8 Å². The van der Waals surface area contributed by atoms with Gasteiger partial charge in [-0.05, 0) is 24.6 Å². The molecule has 3 nitrogen and oxygen atoms in total. The fourth-order valence-corrected chi connectivity index (χ4v) is 1.73. The normalized spacial score (nSPS) is 9.76. The van der Waals surface area contributed by atoms with E-state index in [0.717, 1.165) is 5.56 Å². The number of ether oxygens (including phenoxy) is 2. The van der Waals surface area contributed by atoms with Crippen LogP contribution in [0.15, 0.2) is 12.1 Å². The standard InChI is InChI=1S/C13H16ClNO2/c1-4-6-15-9-10-7-11(14)13(17-5-2)12(8-10)16-3/h1,7-8,15H,5-6,9H2,2-3H3. The summed E-state index contributed by atoms with van der Waals surface area (Å²) in [5.74, 6) is 3.73. The Labute approximate surface area is 107 Å². The second-order valence-electron chi connectivity index (χ2n) is 3.35. The molecule has 0 spiro atoms. The highest BCUT2D eigenvalue weighted by molar-refractivity contribution is 6.32. The second-order valence-corrected chi connectivity index (χ2v) is 3.76. The van der Waals surface area contributed by atoms with Gasteiger partial charge in [-0.3, -0.25) is 0 Å². The maximum absolute atomic E-state index is 6.13. The predicted molar refractivity (Wildman–Crippen MR) is 69.7 cm³/mol. The highest BCUT2D eigenvalue weighted by Crippen LogP contribution is 2.36. The highest BCUT2D eigenvalue weighted by atomic mass is 35.5. The third-order valence-corrected chi connectivity index (χ3v) is 2.41. The van der Waals surface area contributed by atoms with E-state index in [1.165, 1.54) is 0 Å². The Hall–Kier alpha value is -1.37. The highest BCUT2D eigenvalue weighted by Gasteiger charge is 2.11. The van der Waals surface area contributed by atoms with Gasteiger partial charge in [-0.15, -0.1) is 6.42 Å². The van der Waals surface area contributed by atoms with Crippen LogP contribution in [0, 0.1) is 12.3 Å². The second kappa shape index (κ2) is 7.05.